The Morgan fingerprint density at radius 1 is 0.179 bits per heavy atom. The molecule has 26 aromatic rings. The lowest BCUT2D eigenvalue weighted by Crippen LogP contribution is -2.50. The zero-order chi connectivity index (χ0) is 96.9. The molecule has 9 nitrogen and oxygen atoms in total. The Bertz CT molecular complexity index is 9370. The zero-order valence-corrected chi connectivity index (χ0v) is 84.4. The molecule has 0 fully saturated rings. The Morgan fingerprint density at radius 2 is 0.448 bits per heavy atom. The van der Waals surface area contributed by atoms with E-state index in [-0.39, 0.29) is 0 Å². The SMILES string of the molecule is C[Si]1(C)c2ccccc2-c2nc(-c3cccc4c3oc3ccccc34)nc(-c3cccc4c3oc3ccccc34)c21.C[Si]1(C)c2ccccc2-c2nc(-c3cccc4oc5ccccc5c34)nc(-c3cccc(-c4cccc(-c5ccc(-c6ccccc6)cc5)c4)c3)c21.C[Si]1(C)c2ccccc2-c2nc(-c3cccc4sc5ccccc5c34)nc(-c3cccc(-c4cccc(-c5ccc(-c6ccccc6)cc5)c4)c3)c21. The van der Waals surface area contributed by atoms with E-state index in [1.807, 2.05) is 65.9 Å². The van der Waals surface area contributed by atoms with E-state index >= 15 is 0 Å². The van der Waals surface area contributed by atoms with Crippen molar-refractivity contribution < 1.29 is 13.3 Å². The van der Waals surface area contributed by atoms with Crippen LogP contribution in [0.1, 0.15) is 0 Å². The van der Waals surface area contributed by atoms with Gasteiger partial charge >= 0.3 is 0 Å². The summed E-state index contributed by atoms with van der Waals surface area (Å²) in [6.07, 6.45) is 0. The van der Waals surface area contributed by atoms with Crippen LogP contribution in [0.4, 0.5) is 0 Å². The van der Waals surface area contributed by atoms with Gasteiger partial charge in [0, 0.05) is 80.3 Å². The van der Waals surface area contributed by atoms with E-state index in [0.29, 0.717) is 5.82 Å². The van der Waals surface area contributed by atoms with E-state index < -0.39 is 24.2 Å². The average Bonchev–Trinajstić information content (AvgIpc) is 1.56. The monoisotopic (exact) mass is 1920 g/mol. The third kappa shape index (κ3) is 14.6. The van der Waals surface area contributed by atoms with Gasteiger partial charge in [0.05, 0.1) is 39.7 Å². The van der Waals surface area contributed by atoms with Crippen LogP contribution in [-0.2, 0) is 0 Å². The summed E-state index contributed by atoms with van der Waals surface area (Å²) < 4.78 is 21.8. The van der Waals surface area contributed by atoms with Crippen molar-refractivity contribution in [3.63, 3.8) is 0 Å². The topological polar surface area (TPSA) is 117 Å². The average molecular weight is 1930 g/mol. The van der Waals surface area contributed by atoms with Gasteiger partial charge in [-0.25, -0.2) is 29.9 Å². The van der Waals surface area contributed by atoms with Crippen molar-refractivity contribution in [1.82, 2.24) is 29.9 Å². The predicted octanol–water partition coefficient (Wildman–Crippen LogP) is 31.9. The predicted molar refractivity (Wildman–Crippen MR) is 613 cm³/mol. The quantitative estimate of drug-likeness (QED) is 0.110. The molecule has 29 rings (SSSR count). The molecule has 0 N–H and O–H groups in total. The highest BCUT2D eigenvalue weighted by Crippen LogP contribution is 2.48. The Morgan fingerprint density at radius 3 is 0.917 bits per heavy atom. The summed E-state index contributed by atoms with van der Waals surface area (Å²) in [5.74, 6) is 2.17. The Balaban J connectivity index is 0.000000109. The van der Waals surface area contributed by atoms with Crippen LogP contribution in [0, 0.1) is 0 Å². The van der Waals surface area contributed by atoms with Crippen molar-refractivity contribution in [2.24, 2.45) is 0 Å². The molecule has 3 aliphatic rings. The van der Waals surface area contributed by atoms with Gasteiger partial charge in [0.25, 0.3) is 0 Å². The van der Waals surface area contributed by atoms with Gasteiger partial charge in [-0.2, -0.15) is 0 Å². The van der Waals surface area contributed by atoms with E-state index in [1.165, 1.54) is 129 Å². The van der Waals surface area contributed by atoms with Crippen LogP contribution < -0.4 is 31.1 Å². The summed E-state index contributed by atoms with van der Waals surface area (Å²) in [7, 11) is -6.39. The number of hydrogen-bond acceptors (Lipinski definition) is 10. The lowest BCUT2D eigenvalue weighted by atomic mass is 9.96. The van der Waals surface area contributed by atoms with Crippen molar-refractivity contribution in [3.8, 4) is 168 Å². The molecule has 0 saturated carbocycles. The first-order valence-electron chi connectivity index (χ1n) is 49.6. The molecule has 686 valence electrons. The van der Waals surface area contributed by atoms with Crippen molar-refractivity contribution in [1.29, 1.82) is 0 Å². The first kappa shape index (κ1) is 86.8. The van der Waals surface area contributed by atoms with E-state index in [0.717, 1.165) is 151 Å². The number of nitrogens with zero attached hydrogens (tertiary/aromatic N) is 6. The van der Waals surface area contributed by atoms with Crippen molar-refractivity contribution in [2.75, 3.05) is 0 Å². The number of rotatable bonds is 12. The van der Waals surface area contributed by atoms with Crippen LogP contribution in [0.3, 0.4) is 0 Å². The maximum atomic E-state index is 6.54. The maximum Gasteiger partial charge on any atom is 0.164 e. The summed E-state index contributed by atoms with van der Waals surface area (Å²) in [6, 6.07) is 160. The van der Waals surface area contributed by atoms with Gasteiger partial charge < -0.3 is 13.3 Å². The van der Waals surface area contributed by atoms with E-state index in [4.69, 9.17) is 43.2 Å². The third-order valence-electron chi connectivity index (χ3n) is 30.1. The molecule has 0 aliphatic carbocycles. The van der Waals surface area contributed by atoms with Gasteiger partial charge in [-0.05, 0) is 187 Å². The largest absolute Gasteiger partial charge is 0.456 e. The van der Waals surface area contributed by atoms with Gasteiger partial charge in [0.2, 0.25) is 0 Å². The van der Waals surface area contributed by atoms with Gasteiger partial charge in [-0.3, -0.25) is 0 Å². The summed E-state index contributed by atoms with van der Waals surface area (Å²) in [6.45, 7) is 14.6. The number of hydrogen-bond donors (Lipinski definition) is 0. The summed E-state index contributed by atoms with van der Waals surface area (Å²) in [4.78, 5) is 32.7. The van der Waals surface area contributed by atoms with Crippen LogP contribution in [0.2, 0.25) is 39.3 Å². The molecule has 0 amide bonds. The van der Waals surface area contributed by atoms with Crippen molar-refractivity contribution in [3.05, 3.63) is 449 Å². The first-order chi connectivity index (χ1) is 71.1. The molecule has 145 heavy (non-hydrogen) atoms. The van der Waals surface area contributed by atoms with Crippen LogP contribution in [-0.4, -0.2) is 54.1 Å². The maximum absolute atomic E-state index is 6.54. The minimum atomic E-state index is -2.14. The molecule has 10 heterocycles. The molecule has 0 bridgehead atoms. The lowest BCUT2D eigenvalue weighted by Gasteiger charge is -2.22. The number of benzene rings is 19. The number of para-hydroxylation sites is 5. The van der Waals surface area contributed by atoms with Gasteiger partial charge in [0.15, 0.2) is 17.5 Å². The summed E-state index contributed by atoms with van der Waals surface area (Å²) in [5, 5.41) is 17.1. The van der Waals surface area contributed by atoms with Crippen LogP contribution in [0.15, 0.2) is 462 Å². The minimum Gasteiger partial charge on any atom is -0.456 e. The molecule has 7 aromatic heterocycles. The second-order valence-electron chi connectivity index (χ2n) is 39.7. The van der Waals surface area contributed by atoms with Crippen LogP contribution >= 0.6 is 11.3 Å². The molecular weight excluding hydrogens is 1830 g/mol. The second-order valence-corrected chi connectivity index (χ2v) is 53.6. The number of thiophene rings is 1. The molecular formula is C132H92N6O3SSi3. The summed E-state index contributed by atoms with van der Waals surface area (Å²) >= 11 is 1.83. The fourth-order valence-electron chi connectivity index (χ4n) is 23.0. The Kier molecular flexibility index (Phi) is 20.7. The van der Waals surface area contributed by atoms with Crippen molar-refractivity contribution in [2.45, 2.75) is 39.3 Å². The van der Waals surface area contributed by atoms with E-state index in [1.54, 1.807) is 0 Å². The van der Waals surface area contributed by atoms with Gasteiger partial charge in [-0.1, -0.05) is 415 Å². The van der Waals surface area contributed by atoms with E-state index in [9.17, 15) is 0 Å². The molecule has 3 aliphatic heterocycles. The molecule has 0 atom stereocenters. The molecule has 0 spiro atoms. The normalized spacial score (nSPS) is 13.2. The molecule has 13 heteroatoms. The standard InChI is InChI=1S/C48H34N2OSi.C48H34N2SSi.C36H24N2O2Si/c2*1-52(2)43-24-9-7-20-39(43)46-47(52)45(49-48(50-46)40-21-12-23-42-44(40)38-19-6-8-22-41(38)51-42)37-18-11-17-36(30-37)35-16-10-15-34(29-35)33-27-25-32(26-28-33)31-13-4-3-5-14-31;1-41(2)30-20-8-5-13-25(30)31-35(41)32(26-16-9-14-23-21-11-3-6-18-28(21)39-33(23)26)38-36(37-31)27-17-10-15-24-22-12-4-7-19-29(22)40-34(24)27/h2*3-30H,1-2H3;3-20H,1-2H3. The van der Waals surface area contributed by atoms with Gasteiger partial charge in [0.1, 0.15) is 57.7 Å². The second kappa shape index (κ2) is 34.5. The third-order valence-corrected chi connectivity index (χ3v) is 41.7. The van der Waals surface area contributed by atoms with Crippen LogP contribution in [0.25, 0.3) is 254 Å². The fraction of sp³-hybridized carbons (Fsp3) is 0.0455. The zero-order valence-electron chi connectivity index (χ0n) is 80.5. The molecule has 0 saturated heterocycles. The highest BCUT2D eigenvalue weighted by Gasteiger charge is 2.46. The highest BCUT2D eigenvalue weighted by atomic mass is 32.1. The Labute approximate surface area is 846 Å². The highest BCUT2D eigenvalue weighted by molar-refractivity contribution is 7.26. The molecule has 0 radical (unpaired) electrons. The van der Waals surface area contributed by atoms with E-state index in [2.05, 4.69) is 434 Å². The Hall–Kier alpha value is -17.3. The number of furan rings is 3. The smallest absolute Gasteiger partial charge is 0.164 e. The van der Waals surface area contributed by atoms with Crippen LogP contribution in [0.5, 0.6) is 0 Å². The fourth-order valence-corrected chi connectivity index (χ4v) is 33.8. The first-order valence-corrected chi connectivity index (χ1v) is 59.4. The molecule has 19 aromatic carbocycles. The summed E-state index contributed by atoms with van der Waals surface area (Å²) in [5.41, 5.74) is 35.6. The number of fused-ring (bicyclic) bond motifs is 21. The lowest BCUT2D eigenvalue weighted by molar-refractivity contribution is 0.668. The number of aromatic nitrogens is 6. The minimum absolute atomic E-state index is 0.665. The van der Waals surface area contributed by atoms with Crippen molar-refractivity contribution >= 4 is 153 Å². The van der Waals surface area contributed by atoms with Gasteiger partial charge in [-0.15, -0.1) is 11.3 Å². The molecule has 0 unspecified atom stereocenters.